The molecule has 0 N–H and O–H groups in total. The highest BCUT2D eigenvalue weighted by Gasteiger charge is 2.12. The molecule has 0 unspecified atom stereocenters. The summed E-state index contributed by atoms with van der Waals surface area (Å²) in [6.45, 7) is 0.581. The van der Waals surface area contributed by atoms with E-state index in [0.717, 1.165) is 10.0 Å². The number of rotatable bonds is 3. The normalized spacial score (nSPS) is 10.1. The van der Waals surface area contributed by atoms with E-state index in [2.05, 4.69) is 20.9 Å². The number of hydrogen-bond acceptors (Lipinski definition) is 2. The van der Waals surface area contributed by atoms with Gasteiger partial charge in [0.1, 0.15) is 5.69 Å². The van der Waals surface area contributed by atoms with Crippen molar-refractivity contribution in [1.29, 1.82) is 0 Å². The lowest BCUT2D eigenvalue weighted by Gasteiger charge is -2.16. The van der Waals surface area contributed by atoms with E-state index < -0.39 is 0 Å². The van der Waals surface area contributed by atoms with Crippen LogP contribution in [0.25, 0.3) is 0 Å². The third-order valence-corrected chi connectivity index (χ3v) is 3.02. The van der Waals surface area contributed by atoms with Crippen molar-refractivity contribution in [3.63, 3.8) is 0 Å². The second kappa shape index (κ2) is 5.78. The largest absolute Gasteiger partial charge is 0.336 e. The van der Waals surface area contributed by atoms with Gasteiger partial charge in [-0.2, -0.15) is 0 Å². The molecule has 92 valence electrons. The van der Waals surface area contributed by atoms with Gasteiger partial charge < -0.3 is 4.90 Å². The Hall–Kier alpha value is -1.68. The van der Waals surface area contributed by atoms with Gasteiger partial charge >= 0.3 is 0 Å². The van der Waals surface area contributed by atoms with Crippen molar-refractivity contribution in [1.82, 2.24) is 9.88 Å². The molecule has 0 atom stereocenters. The topological polar surface area (TPSA) is 33.2 Å². The van der Waals surface area contributed by atoms with E-state index in [1.807, 2.05) is 36.4 Å². The molecule has 0 saturated carbocycles. The van der Waals surface area contributed by atoms with Crippen LogP contribution >= 0.6 is 15.9 Å². The maximum absolute atomic E-state index is 12.1. The third-order valence-electron chi connectivity index (χ3n) is 2.56. The molecular weight excluding hydrogens is 292 g/mol. The molecule has 2 aromatic rings. The van der Waals surface area contributed by atoms with Crippen LogP contribution in [0.2, 0.25) is 0 Å². The van der Waals surface area contributed by atoms with Gasteiger partial charge in [-0.3, -0.25) is 4.79 Å². The van der Waals surface area contributed by atoms with Gasteiger partial charge in [0.25, 0.3) is 5.91 Å². The summed E-state index contributed by atoms with van der Waals surface area (Å²) in [5.41, 5.74) is 1.56. The predicted molar refractivity (Wildman–Crippen MR) is 74.2 cm³/mol. The van der Waals surface area contributed by atoms with Gasteiger partial charge in [0, 0.05) is 24.3 Å². The first-order valence-electron chi connectivity index (χ1n) is 5.58. The standard InChI is InChI=1S/C14H13BrN2O/c1-17(10-11-5-3-2-4-6-11)14(18)13-8-7-12(15)9-16-13/h2-9H,10H2,1H3. The summed E-state index contributed by atoms with van der Waals surface area (Å²) < 4.78 is 0.866. The highest BCUT2D eigenvalue weighted by Crippen LogP contribution is 2.10. The molecule has 0 aliphatic heterocycles. The van der Waals surface area contributed by atoms with E-state index in [4.69, 9.17) is 0 Å². The number of halogens is 1. The molecular formula is C14H13BrN2O. The van der Waals surface area contributed by atoms with E-state index in [9.17, 15) is 4.79 Å². The molecule has 0 aliphatic carbocycles. The van der Waals surface area contributed by atoms with E-state index in [1.54, 1.807) is 24.2 Å². The van der Waals surface area contributed by atoms with E-state index in [1.165, 1.54) is 0 Å². The Morgan fingerprint density at radius 3 is 2.56 bits per heavy atom. The Morgan fingerprint density at radius 1 is 1.22 bits per heavy atom. The fourth-order valence-electron chi connectivity index (χ4n) is 1.63. The SMILES string of the molecule is CN(Cc1ccccc1)C(=O)c1ccc(Br)cn1. The molecule has 0 radical (unpaired) electrons. The van der Waals surface area contributed by atoms with E-state index in [0.29, 0.717) is 12.2 Å². The molecule has 0 saturated heterocycles. The number of pyridine rings is 1. The van der Waals surface area contributed by atoms with Crippen molar-refractivity contribution in [2.75, 3.05) is 7.05 Å². The van der Waals surface area contributed by atoms with Gasteiger partial charge in [0.15, 0.2) is 0 Å². The maximum atomic E-state index is 12.1. The average molecular weight is 305 g/mol. The highest BCUT2D eigenvalue weighted by atomic mass is 79.9. The van der Waals surface area contributed by atoms with Crippen molar-refractivity contribution < 1.29 is 4.79 Å². The lowest BCUT2D eigenvalue weighted by Crippen LogP contribution is -2.26. The van der Waals surface area contributed by atoms with E-state index >= 15 is 0 Å². The summed E-state index contributed by atoms with van der Waals surface area (Å²) in [5, 5.41) is 0. The summed E-state index contributed by atoms with van der Waals surface area (Å²) in [7, 11) is 1.78. The Labute approximate surface area is 115 Å². The summed E-state index contributed by atoms with van der Waals surface area (Å²) in [6.07, 6.45) is 1.63. The molecule has 0 spiro atoms. The van der Waals surface area contributed by atoms with Gasteiger partial charge in [-0.1, -0.05) is 30.3 Å². The van der Waals surface area contributed by atoms with Gasteiger partial charge in [0.05, 0.1) is 0 Å². The molecule has 1 heterocycles. The van der Waals surface area contributed by atoms with E-state index in [-0.39, 0.29) is 5.91 Å². The molecule has 0 bridgehead atoms. The lowest BCUT2D eigenvalue weighted by molar-refractivity contribution is 0.0779. The van der Waals surface area contributed by atoms with Crippen LogP contribution in [0.15, 0.2) is 53.1 Å². The van der Waals surface area contributed by atoms with Gasteiger partial charge in [-0.25, -0.2) is 4.98 Å². The van der Waals surface area contributed by atoms with Crippen molar-refractivity contribution in [2.45, 2.75) is 6.54 Å². The molecule has 4 heteroatoms. The van der Waals surface area contributed by atoms with Gasteiger partial charge in [-0.15, -0.1) is 0 Å². The summed E-state index contributed by atoms with van der Waals surface area (Å²) in [6, 6.07) is 13.4. The zero-order valence-corrected chi connectivity index (χ0v) is 11.6. The Bertz CT molecular complexity index is 525. The number of amides is 1. The molecule has 1 aromatic heterocycles. The Morgan fingerprint density at radius 2 is 1.94 bits per heavy atom. The van der Waals surface area contributed by atoms with Crippen molar-refractivity contribution in [3.05, 3.63) is 64.4 Å². The number of carbonyl (C=O) groups excluding carboxylic acids is 1. The fourth-order valence-corrected chi connectivity index (χ4v) is 1.86. The molecule has 0 fully saturated rings. The summed E-state index contributed by atoms with van der Waals surface area (Å²) >= 11 is 3.30. The van der Waals surface area contributed by atoms with Crippen LogP contribution in [-0.2, 0) is 6.54 Å². The quantitative estimate of drug-likeness (QED) is 0.873. The molecule has 3 nitrogen and oxygen atoms in total. The molecule has 18 heavy (non-hydrogen) atoms. The minimum atomic E-state index is -0.0775. The third kappa shape index (κ3) is 3.17. The molecule has 1 aromatic carbocycles. The number of aromatic nitrogens is 1. The Balaban J connectivity index is 2.07. The van der Waals surface area contributed by atoms with Gasteiger partial charge in [0.2, 0.25) is 0 Å². The minimum Gasteiger partial charge on any atom is -0.336 e. The first kappa shape index (κ1) is 12.8. The predicted octanol–water partition coefficient (Wildman–Crippen LogP) is 3.12. The van der Waals surface area contributed by atoms with Crippen LogP contribution < -0.4 is 0 Å². The van der Waals surface area contributed by atoms with Crippen LogP contribution in [0, 0.1) is 0 Å². The maximum Gasteiger partial charge on any atom is 0.272 e. The van der Waals surface area contributed by atoms with Crippen LogP contribution in [-0.4, -0.2) is 22.8 Å². The number of hydrogen-bond donors (Lipinski definition) is 0. The first-order chi connectivity index (χ1) is 8.66. The van der Waals surface area contributed by atoms with Crippen molar-refractivity contribution in [2.24, 2.45) is 0 Å². The molecule has 2 rings (SSSR count). The minimum absolute atomic E-state index is 0.0775. The van der Waals surface area contributed by atoms with Crippen molar-refractivity contribution in [3.8, 4) is 0 Å². The average Bonchev–Trinajstić information content (AvgIpc) is 2.40. The number of benzene rings is 1. The monoisotopic (exact) mass is 304 g/mol. The fraction of sp³-hybridized carbons (Fsp3) is 0.143. The zero-order valence-electron chi connectivity index (χ0n) is 10.0. The van der Waals surface area contributed by atoms with Crippen LogP contribution in [0.1, 0.15) is 16.1 Å². The summed E-state index contributed by atoms with van der Waals surface area (Å²) in [4.78, 5) is 17.9. The lowest BCUT2D eigenvalue weighted by atomic mass is 10.2. The van der Waals surface area contributed by atoms with Crippen LogP contribution in [0.4, 0.5) is 0 Å². The number of carbonyl (C=O) groups is 1. The first-order valence-corrected chi connectivity index (χ1v) is 6.37. The molecule has 0 aliphatic rings. The summed E-state index contributed by atoms with van der Waals surface area (Å²) in [5.74, 6) is -0.0775. The Kier molecular flexibility index (Phi) is 4.10. The number of nitrogens with zero attached hydrogens (tertiary/aromatic N) is 2. The van der Waals surface area contributed by atoms with Gasteiger partial charge in [-0.05, 0) is 33.6 Å². The van der Waals surface area contributed by atoms with Crippen LogP contribution in [0.3, 0.4) is 0 Å². The smallest absolute Gasteiger partial charge is 0.272 e. The second-order valence-electron chi connectivity index (χ2n) is 4.01. The molecule has 1 amide bonds. The highest BCUT2D eigenvalue weighted by molar-refractivity contribution is 9.10. The van der Waals surface area contributed by atoms with Crippen LogP contribution in [0.5, 0.6) is 0 Å². The zero-order chi connectivity index (χ0) is 13.0. The van der Waals surface area contributed by atoms with Crippen molar-refractivity contribution >= 4 is 21.8 Å². The second-order valence-corrected chi connectivity index (χ2v) is 4.92.